The molecule has 1 aliphatic heterocycles. The van der Waals surface area contributed by atoms with Gasteiger partial charge in [-0.2, -0.15) is 0 Å². The molecule has 0 radical (unpaired) electrons. The maximum Gasteiger partial charge on any atom is 0.293 e. The Kier molecular flexibility index (Phi) is 4.50. The highest BCUT2D eigenvalue weighted by molar-refractivity contribution is 5.51. The summed E-state index contributed by atoms with van der Waals surface area (Å²) in [6.07, 6.45) is 3.44. The second kappa shape index (κ2) is 6.73. The molecule has 1 aliphatic rings. The van der Waals surface area contributed by atoms with Crippen LogP contribution >= 0.6 is 0 Å². The van der Waals surface area contributed by atoms with Crippen molar-refractivity contribution in [1.82, 2.24) is 9.55 Å². The van der Waals surface area contributed by atoms with Crippen molar-refractivity contribution in [3.05, 3.63) is 47.0 Å². The van der Waals surface area contributed by atoms with Crippen molar-refractivity contribution in [1.29, 1.82) is 0 Å². The van der Waals surface area contributed by atoms with Crippen LogP contribution in [0.25, 0.3) is 0 Å². The Hall–Kier alpha value is -2.50. The molecule has 1 aromatic carbocycles. The summed E-state index contributed by atoms with van der Waals surface area (Å²) in [5.74, 6) is 1.42. The molecular weight excluding hydrogens is 292 g/mol. The van der Waals surface area contributed by atoms with Gasteiger partial charge in [-0.25, -0.2) is 4.98 Å². The van der Waals surface area contributed by atoms with E-state index >= 15 is 0 Å². The minimum absolute atomic E-state index is 0.00658. The molecular formula is C17H22N4O2. The fourth-order valence-electron chi connectivity index (χ4n) is 2.87. The third-order valence-electron chi connectivity index (χ3n) is 4.25. The number of aryl methyl sites for hydroxylation is 1. The first-order valence-corrected chi connectivity index (χ1v) is 7.92. The van der Waals surface area contributed by atoms with E-state index in [1.807, 2.05) is 19.1 Å². The van der Waals surface area contributed by atoms with Gasteiger partial charge in [0.15, 0.2) is 5.82 Å². The minimum Gasteiger partial charge on any atom is -0.497 e. The lowest BCUT2D eigenvalue weighted by Crippen LogP contribution is -2.48. The zero-order valence-electron chi connectivity index (χ0n) is 13.6. The van der Waals surface area contributed by atoms with Crippen LogP contribution in [0.5, 0.6) is 5.75 Å². The molecule has 0 unspecified atom stereocenters. The number of benzene rings is 1. The van der Waals surface area contributed by atoms with Gasteiger partial charge in [-0.1, -0.05) is 0 Å². The molecule has 2 aromatic rings. The predicted molar refractivity (Wildman–Crippen MR) is 91.6 cm³/mol. The van der Waals surface area contributed by atoms with Gasteiger partial charge in [0, 0.05) is 50.8 Å². The Bertz CT molecular complexity index is 703. The number of aromatic nitrogens is 2. The van der Waals surface area contributed by atoms with Crippen LogP contribution in [-0.2, 0) is 6.54 Å². The van der Waals surface area contributed by atoms with Gasteiger partial charge in [-0.3, -0.25) is 4.79 Å². The number of nitrogens with zero attached hydrogens (tertiary/aromatic N) is 4. The molecule has 0 N–H and O–H groups in total. The predicted octanol–water partition coefficient (Wildman–Crippen LogP) is 1.60. The van der Waals surface area contributed by atoms with E-state index in [9.17, 15) is 4.79 Å². The normalized spacial score (nSPS) is 14.9. The maximum absolute atomic E-state index is 12.4. The van der Waals surface area contributed by atoms with E-state index < -0.39 is 0 Å². The number of hydrogen-bond acceptors (Lipinski definition) is 5. The minimum atomic E-state index is -0.00658. The van der Waals surface area contributed by atoms with Gasteiger partial charge in [0.25, 0.3) is 5.56 Å². The fraction of sp³-hybridized carbons (Fsp3) is 0.412. The summed E-state index contributed by atoms with van der Waals surface area (Å²) in [4.78, 5) is 21.0. The van der Waals surface area contributed by atoms with Crippen molar-refractivity contribution < 1.29 is 4.74 Å². The standard InChI is InChI=1S/C17H22N4O2/c1-3-19-9-8-18-16(17(19)22)21-12-10-20(11-13-21)14-4-6-15(23-2)7-5-14/h4-9H,3,10-13H2,1-2H3. The summed E-state index contributed by atoms with van der Waals surface area (Å²) in [5.41, 5.74) is 1.17. The van der Waals surface area contributed by atoms with Crippen LogP contribution in [0.4, 0.5) is 11.5 Å². The summed E-state index contributed by atoms with van der Waals surface area (Å²) in [6.45, 7) is 5.96. The largest absolute Gasteiger partial charge is 0.497 e. The average molecular weight is 314 g/mol. The number of ether oxygens (including phenoxy) is 1. The first-order valence-electron chi connectivity index (χ1n) is 7.92. The van der Waals surface area contributed by atoms with Gasteiger partial charge < -0.3 is 19.1 Å². The van der Waals surface area contributed by atoms with Gasteiger partial charge in [0.2, 0.25) is 0 Å². The molecule has 1 fully saturated rings. The molecule has 0 spiro atoms. The Balaban J connectivity index is 1.69. The Labute approximate surface area is 135 Å². The van der Waals surface area contributed by atoms with E-state index in [2.05, 4.69) is 26.9 Å². The van der Waals surface area contributed by atoms with Crippen molar-refractivity contribution in [2.75, 3.05) is 43.1 Å². The topological polar surface area (TPSA) is 50.6 Å². The number of rotatable bonds is 4. The van der Waals surface area contributed by atoms with Crippen LogP contribution in [0.1, 0.15) is 6.92 Å². The van der Waals surface area contributed by atoms with Crippen LogP contribution in [0.15, 0.2) is 41.5 Å². The van der Waals surface area contributed by atoms with Crippen molar-refractivity contribution >= 4 is 11.5 Å². The van der Waals surface area contributed by atoms with Gasteiger partial charge in [-0.05, 0) is 31.2 Å². The number of anilines is 2. The van der Waals surface area contributed by atoms with E-state index in [0.717, 1.165) is 31.9 Å². The fourth-order valence-corrected chi connectivity index (χ4v) is 2.87. The highest BCUT2D eigenvalue weighted by Crippen LogP contribution is 2.21. The maximum atomic E-state index is 12.4. The van der Waals surface area contributed by atoms with Crippen LogP contribution in [0.3, 0.4) is 0 Å². The molecule has 0 atom stereocenters. The van der Waals surface area contributed by atoms with Crippen LogP contribution in [0, 0.1) is 0 Å². The van der Waals surface area contributed by atoms with Gasteiger partial charge in [0.05, 0.1) is 7.11 Å². The first kappa shape index (κ1) is 15.4. The van der Waals surface area contributed by atoms with E-state index in [1.54, 1.807) is 24.1 Å². The van der Waals surface area contributed by atoms with Crippen molar-refractivity contribution in [2.24, 2.45) is 0 Å². The summed E-state index contributed by atoms with van der Waals surface area (Å²) < 4.78 is 6.89. The Morgan fingerprint density at radius 2 is 1.74 bits per heavy atom. The third-order valence-corrected chi connectivity index (χ3v) is 4.25. The average Bonchev–Trinajstić information content (AvgIpc) is 2.62. The van der Waals surface area contributed by atoms with E-state index in [-0.39, 0.29) is 5.56 Å². The first-order chi connectivity index (χ1) is 11.2. The Morgan fingerprint density at radius 3 is 2.35 bits per heavy atom. The third kappa shape index (κ3) is 3.16. The molecule has 0 amide bonds. The van der Waals surface area contributed by atoms with Crippen LogP contribution in [0.2, 0.25) is 0 Å². The van der Waals surface area contributed by atoms with Crippen molar-refractivity contribution in [3.63, 3.8) is 0 Å². The van der Waals surface area contributed by atoms with Crippen LogP contribution < -0.4 is 20.1 Å². The van der Waals surface area contributed by atoms with Gasteiger partial charge >= 0.3 is 0 Å². The van der Waals surface area contributed by atoms with Crippen molar-refractivity contribution in [3.8, 4) is 5.75 Å². The Morgan fingerprint density at radius 1 is 1.09 bits per heavy atom. The lowest BCUT2D eigenvalue weighted by atomic mass is 10.2. The zero-order valence-corrected chi connectivity index (χ0v) is 13.6. The lowest BCUT2D eigenvalue weighted by molar-refractivity contribution is 0.415. The molecule has 122 valence electrons. The highest BCUT2D eigenvalue weighted by atomic mass is 16.5. The highest BCUT2D eigenvalue weighted by Gasteiger charge is 2.20. The molecule has 1 aromatic heterocycles. The summed E-state index contributed by atoms with van der Waals surface area (Å²) in [5, 5.41) is 0. The summed E-state index contributed by atoms with van der Waals surface area (Å²) >= 11 is 0. The molecule has 3 rings (SSSR count). The molecule has 0 bridgehead atoms. The second-order valence-corrected chi connectivity index (χ2v) is 5.51. The smallest absolute Gasteiger partial charge is 0.293 e. The van der Waals surface area contributed by atoms with Gasteiger partial charge in [-0.15, -0.1) is 0 Å². The second-order valence-electron chi connectivity index (χ2n) is 5.51. The summed E-state index contributed by atoms with van der Waals surface area (Å²) in [6, 6.07) is 8.08. The number of methoxy groups -OCH3 is 1. The van der Waals surface area contributed by atoms with Crippen LogP contribution in [-0.4, -0.2) is 42.8 Å². The SMILES string of the molecule is CCn1ccnc(N2CCN(c3ccc(OC)cc3)CC2)c1=O. The van der Waals surface area contributed by atoms with Gasteiger partial charge in [0.1, 0.15) is 5.75 Å². The summed E-state index contributed by atoms with van der Waals surface area (Å²) in [7, 11) is 1.67. The zero-order chi connectivity index (χ0) is 16.2. The number of piperazine rings is 1. The molecule has 0 saturated carbocycles. The van der Waals surface area contributed by atoms with Crippen molar-refractivity contribution in [2.45, 2.75) is 13.5 Å². The molecule has 0 aliphatic carbocycles. The number of hydrogen-bond donors (Lipinski definition) is 0. The molecule has 6 nitrogen and oxygen atoms in total. The van der Waals surface area contributed by atoms with E-state index in [0.29, 0.717) is 12.4 Å². The molecule has 6 heteroatoms. The van der Waals surface area contributed by atoms with E-state index in [4.69, 9.17) is 4.74 Å². The quantitative estimate of drug-likeness (QED) is 0.858. The molecule has 23 heavy (non-hydrogen) atoms. The molecule has 2 heterocycles. The molecule has 1 saturated heterocycles. The monoisotopic (exact) mass is 314 g/mol. The lowest BCUT2D eigenvalue weighted by Gasteiger charge is -2.36. The van der Waals surface area contributed by atoms with E-state index in [1.165, 1.54) is 5.69 Å².